The lowest BCUT2D eigenvalue weighted by molar-refractivity contribution is -0.145. The second-order valence-corrected chi connectivity index (χ2v) is 3.48. The van der Waals surface area contributed by atoms with E-state index in [2.05, 4.69) is 0 Å². The highest BCUT2D eigenvalue weighted by Gasteiger charge is 2.05. The molecule has 0 bridgehead atoms. The zero-order valence-corrected chi connectivity index (χ0v) is 9.27. The minimum Gasteiger partial charge on any atom is -0.460 e. The molecule has 15 heavy (non-hydrogen) atoms. The molecule has 0 amide bonds. The van der Waals surface area contributed by atoms with Gasteiger partial charge in [-0.1, -0.05) is 37.3 Å². The summed E-state index contributed by atoms with van der Waals surface area (Å²) in [6.07, 6.45) is 0. The molecule has 0 saturated heterocycles. The fraction of sp³-hybridized carbons (Fsp3) is 0.417. The fourth-order valence-electron chi connectivity index (χ4n) is 1.12. The van der Waals surface area contributed by atoms with Gasteiger partial charge in [-0.05, 0) is 19.2 Å². The van der Waals surface area contributed by atoms with E-state index >= 15 is 0 Å². The maximum Gasteiger partial charge on any atom is 0.320 e. The Kier molecular flexibility index (Phi) is 4.84. The molecule has 0 unspecified atom stereocenters. The first-order valence-electron chi connectivity index (χ1n) is 5.10. The largest absolute Gasteiger partial charge is 0.460 e. The third-order valence-electron chi connectivity index (χ3n) is 2.18. The third-order valence-corrected chi connectivity index (χ3v) is 2.18. The van der Waals surface area contributed by atoms with Gasteiger partial charge < -0.3 is 4.74 Å². The van der Waals surface area contributed by atoms with Gasteiger partial charge in [0.1, 0.15) is 6.61 Å². The highest BCUT2D eigenvalue weighted by atomic mass is 16.5. The molecule has 0 spiro atoms. The summed E-state index contributed by atoms with van der Waals surface area (Å²) in [4.78, 5) is 13.2. The van der Waals surface area contributed by atoms with Gasteiger partial charge in [-0.2, -0.15) is 0 Å². The van der Waals surface area contributed by atoms with E-state index < -0.39 is 0 Å². The summed E-state index contributed by atoms with van der Waals surface area (Å²) in [5.74, 6) is -0.178. The van der Waals surface area contributed by atoms with Gasteiger partial charge in [0.15, 0.2) is 0 Å². The number of nitrogens with zero attached hydrogens (tertiary/aromatic N) is 1. The van der Waals surface area contributed by atoms with Gasteiger partial charge in [-0.3, -0.25) is 9.69 Å². The Morgan fingerprint density at radius 2 is 2.00 bits per heavy atom. The number of hydrogen-bond donors (Lipinski definition) is 0. The molecule has 1 aromatic rings. The molecule has 0 aliphatic carbocycles. The Morgan fingerprint density at radius 1 is 1.33 bits per heavy atom. The summed E-state index contributed by atoms with van der Waals surface area (Å²) in [7, 11) is 1.89. The number of benzene rings is 1. The molecule has 1 aromatic carbocycles. The van der Waals surface area contributed by atoms with Crippen LogP contribution < -0.4 is 0 Å². The Balaban J connectivity index is 2.29. The Bertz CT molecular complexity index is 298. The molecule has 1 rings (SSSR count). The molecule has 82 valence electrons. The summed E-state index contributed by atoms with van der Waals surface area (Å²) in [6, 6.07) is 9.69. The summed E-state index contributed by atoms with van der Waals surface area (Å²) in [5.41, 5.74) is 1.02. The number of hydrogen-bond acceptors (Lipinski definition) is 3. The summed E-state index contributed by atoms with van der Waals surface area (Å²) in [5, 5.41) is 0. The van der Waals surface area contributed by atoms with E-state index in [-0.39, 0.29) is 5.97 Å². The highest BCUT2D eigenvalue weighted by Crippen LogP contribution is 2.00. The normalized spacial score (nSPS) is 10.3. The van der Waals surface area contributed by atoms with Crippen LogP contribution in [-0.4, -0.2) is 31.0 Å². The minimum absolute atomic E-state index is 0.178. The van der Waals surface area contributed by atoms with Crippen molar-refractivity contribution < 1.29 is 9.53 Å². The van der Waals surface area contributed by atoms with Gasteiger partial charge in [-0.25, -0.2) is 0 Å². The van der Waals surface area contributed by atoms with Crippen molar-refractivity contribution in [3.63, 3.8) is 0 Å². The van der Waals surface area contributed by atoms with E-state index in [9.17, 15) is 4.79 Å². The first-order chi connectivity index (χ1) is 7.22. The number of likely N-dealkylation sites (N-methyl/N-ethyl adjacent to an activating group) is 1. The fourth-order valence-corrected chi connectivity index (χ4v) is 1.12. The van der Waals surface area contributed by atoms with Crippen LogP contribution in [0.15, 0.2) is 30.3 Å². The van der Waals surface area contributed by atoms with Crippen molar-refractivity contribution in [1.29, 1.82) is 0 Å². The van der Waals surface area contributed by atoms with Crippen LogP contribution in [0.3, 0.4) is 0 Å². The number of carbonyl (C=O) groups excluding carboxylic acids is 1. The van der Waals surface area contributed by atoms with Crippen LogP contribution in [-0.2, 0) is 16.1 Å². The first kappa shape index (κ1) is 11.7. The summed E-state index contributed by atoms with van der Waals surface area (Å²) < 4.78 is 5.12. The van der Waals surface area contributed by atoms with E-state index in [0.717, 1.165) is 12.1 Å². The van der Waals surface area contributed by atoms with Crippen molar-refractivity contribution in [2.45, 2.75) is 13.5 Å². The maximum absolute atomic E-state index is 11.3. The predicted molar refractivity (Wildman–Crippen MR) is 59.4 cm³/mol. The molecule has 0 atom stereocenters. The van der Waals surface area contributed by atoms with Crippen molar-refractivity contribution in [2.24, 2.45) is 0 Å². The molecule has 0 aromatic heterocycles. The zero-order valence-electron chi connectivity index (χ0n) is 9.27. The molecule has 0 aliphatic heterocycles. The zero-order chi connectivity index (χ0) is 11.1. The smallest absolute Gasteiger partial charge is 0.320 e. The minimum atomic E-state index is -0.178. The van der Waals surface area contributed by atoms with Crippen molar-refractivity contribution in [2.75, 3.05) is 20.1 Å². The van der Waals surface area contributed by atoms with Gasteiger partial charge in [-0.15, -0.1) is 0 Å². The van der Waals surface area contributed by atoms with E-state index in [0.29, 0.717) is 13.2 Å². The van der Waals surface area contributed by atoms with Crippen LogP contribution in [0.2, 0.25) is 0 Å². The molecule has 0 N–H and O–H groups in total. The number of rotatable bonds is 5. The monoisotopic (exact) mass is 207 g/mol. The number of ether oxygens (including phenoxy) is 1. The molecule has 0 heterocycles. The second-order valence-electron chi connectivity index (χ2n) is 3.48. The summed E-state index contributed by atoms with van der Waals surface area (Å²) >= 11 is 0. The molecule has 0 radical (unpaired) electrons. The maximum atomic E-state index is 11.3. The molecule has 0 saturated carbocycles. The second kappa shape index (κ2) is 6.19. The first-order valence-corrected chi connectivity index (χ1v) is 5.10. The number of carbonyl (C=O) groups is 1. The van der Waals surface area contributed by atoms with E-state index in [4.69, 9.17) is 4.74 Å². The third kappa shape index (κ3) is 4.61. The van der Waals surface area contributed by atoms with E-state index in [1.165, 1.54) is 0 Å². The van der Waals surface area contributed by atoms with Crippen LogP contribution in [0.5, 0.6) is 0 Å². The molecule has 3 heteroatoms. The van der Waals surface area contributed by atoms with Crippen LogP contribution in [0.1, 0.15) is 12.5 Å². The SMILES string of the molecule is CCN(C)CC(=O)OCc1ccccc1. The molecule has 0 fully saturated rings. The van der Waals surface area contributed by atoms with Crippen LogP contribution >= 0.6 is 0 Å². The average molecular weight is 207 g/mol. The average Bonchev–Trinajstić information content (AvgIpc) is 2.27. The van der Waals surface area contributed by atoms with Crippen molar-refractivity contribution in [3.05, 3.63) is 35.9 Å². The lowest BCUT2D eigenvalue weighted by atomic mass is 10.2. The Labute approximate surface area is 90.7 Å². The Hall–Kier alpha value is -1.35. The van der Waals surface area contributed by atoms with Gasteiger partial charge >= 0.3 is 5.97 Å². The van der Waals surface area contributed by atoms with Crippen LogP contribution in [0.25, 0.3) is 0 Å². The van der Waals surface area contributed by atoms with Crippen molar-refractivity contribution in [1.82, 2.24) is 4.90 Å². The van der Waals surface area contributed by atoms with Crippen LogP contribution in [0.4, 0.5) is 0 Å². The van der Waals surface area contributed by atoms with Crippen LogP contribution in [0, 0.1) is 0 Å². The van der Waals surface area contributed by atoms with Gasteiger partial charge in [0.25, 0.3) is 0 Å². The lowest BCUT2D eigenvalue weighted by Crippen LogP contribution is -2.26. The summed E-state index contributed by atoms with van der Waals surface area (Å²) in [6.45, 7) is 3.56. The molecular formula is C12H17NO2. The van der Waals surface area contributed by atoms with Gasteiger partial charge in [0.05, 0.1) is 6.54 Å². The lowest BCUT2D eigenvalue weighted by Gasteiger charge is -2.12. The highest BCUT2D eigenvalue weighted by molar-refractivity contribution is 5.71. The molecule has 0 aliphatic rings. The predicted octanol–water partition coefficient (Wildman–Crippen LogP) is 1.68. The topological polar surface area (TPSA) is 29.5 Å². The van der Waals surface area contributed by atoms with Gasteiger partial charge in [0, 0.05) is 0 Å². The standard InChI is InChI=1S/C12H17NO2/c1-3-13(2)9-12(14)15-10-11-7-5-4-6-8-11/h4-8H,3,9-10H2,1-2H3. The molecule has 3 nitrogen and oxygen atoms in total. The molecular weight excluding hydrogens is 190 g/mol. The van der Waals surface area contributed by atoms with Crippen molar-refractivity contribution in [3.8, 4) is 0 Å². The van der Waals surface area contributed by atoms with E-state index in [1.54, 1.807) is 0 Å². The Morgan fingerprint density at radius 3 is 2.60 bits per heavy atom. The van der Waals surface area contributed by atoms with Crippen molar-refractivity contribution >= 4 is 5.97 Å². The van der Waals surface area contributed by atoms with E-state index in [1.807, 2.05) is 49.2 Å². The quantitative estimate of drug-likeness (QED) is 0.688. The van der Waals surface area contributed by atoms with Gasteiger partial charge in [0.2, 0.25) is 0 Å². The number of esters is 1.